The second-order valence-corrected chi connectivity index (χ2v) is 2.47. The summed E-state index contributed by atoms with van der Waals surface area (Å²) < 4.78 is 24.9. The van der Waals surface area contributed by atoms with Crippen LogP contribution in [0, 0.1) is 5.92 Å². The third kappa shape index (κ3) is 1.24. The van der Waals surface area contributed by atoms with Gasteiger partial charge in [0, 0.05) is 6.08 Å². The molecule has 2 unspecified atom stereocenters. The second kappa shape index (κ2) is 2.50. The molecule has 0 spiro atoms. The zero-order valence-electron chi connectivity index (χ0n) is 5.64. The van der Waals surface area contributed by atoms with Gasteiger partial charge in [0.1, 0.15) is 11.7 Å². The summed E-state index contributed by atoms with van der Waals surface area (Å²) in [6.07, 6.45) is 2.14. The molecule has 0 aromatic heterocycles. The van der Waals surface area contributed by atoms with E-state index < -0.39 is 17.7 Å². The molecule has 0 aliphatic heterocycles. The molecule has 2 N–H and O–H groups in total. The molecule has 10 heavy (non-hydrogen) atoms. The number of allylic oxidation sites excluding steroid dienone is 2. The van der Waals surface area contributed by atoms with Gasteiger partial charge in [0.05, 0.1) is 6.04 Å². The van der Waals surface area contributed by atoms with Crippen LogP contribution in [0.4, 0.5) is 8.78 Å². The third-order valence-electron chi connectivity index (χ3n) is 1.58. The van der Waals surface area contributed by atoms with Crippen LogP contribution in [0.1, 0.15) is 6.92 Å². The van der Waals surface area contributed by atoms with Crippen molar-refractivity contribution in [1.82, 2.24) is 0 Å². The molecule has 0 aromatic carbocycles. The van der Waals surface area contributed by atoms with Gasteiger partial charge in [0.2, 0.25) is 0 Å². The average Bonchev–Trinajstić information content (AvgIpc) is 1.82. The first-order valence-corrected chi connectivity index (χ1v) is 3.11. The van der Waals surface area contributed by atoms with Crippen LogP contribution in [0.3, 0.4) is 0 Å². The van der Waals surface area contributed by atoms with E-state index in [0.29, 0.717) is 0 Å². The maximum absolute atomic E-state index is 12.5. The van der Waals surface area contributed by atoms with Crippen molar-refractivity contribution in [3.05, 3.63) is 23.8 Å². The van der Waals surface area contributed by atoms with Crippen molar-refractivity contribution in [2.75, 3.05) is 0 Å². The molecule has 2 atom stereocenters. The minimum absolute atomic E-state index is 0.245. The van der Waals surface area contributed by atoms with Crippen LogP contribution in [0.2, 0.25) is 0 Å². The Balaban J connectivity index is 2.85. The number of rotatable bonds is 0. The Morgan fingerprint density at radius 2 is 2.10 bits per heavy atom. The van der Waals surface area contributed by atoms with Crippen LogP contribution >= 0.6 is 0 Å². The van der Waals surface area contributed by atoms with Gasteiger partial charge in [-0.1, -0.05) is 6.92 Å². The predicted octanol–water partition coefficient (Wildman–Crippen LogP) is 1.67. The van der Waals surface area contributed by atoms with Gasteiger partial charge in [0.25, 0.3) is 0 Å². The van der Waals surface area contributed by atoms with E-state index >= 15 is 0 Å². The largest absolute Gasteiger partial charge is 0.322 e. The highest BCUT2D eigenvalue weighted by molar-refractivity contribution is 5.25. The van der Waals surface area contributed by atoms with Gasteiger partial charge in [-0.15, -0.1) is 0 Å². The molecule has 0 heterocycles. The Hall–Kier alpha value is -0.700. The van der Waals surface area contributed by atoms with Gasteiger partial charge in [-0.05, 0) is 12.0 Å². The van der Waals surface area contributed by atoms with Crippen molar-refractivity contribution >= 4 is 0 Å². The molecule has 0 saturated heterocycles. The van der Waals surface area contributed by atoms with Gasteiger partial charge in [0.15, 0.2) is 0 Å². The maximum atomic E-state index is 12.5. The van der Waals surface area contributed by atoms with Gasteiger partial charge in [-0.2, -0.15) is 0 Å². The summed E-state index contributed by atoms with van der Waals surface area (Å²) in [5.74, 6) is -1.36. The number of hydrogen-bond acceptors (Lipinski definition) is 1. The monoisotopic (exact) mass is 145 g/mol. The lowest BCUT2D eigenvalue weighted by molar-refractivity contribution is 0.453. The van der Waals surface area contributed by atoms with Crippen molar-refractivity contribution in [2.45, 2.75) is 13.0 Å². The van der Waals surface area contributed by atoms with Crippen molar-refractivity contribution in [3.8, 4) is 0 Å². The maximum Gasteiger partial charge on any atom is 0.122 e. The van der Waals surface area contributed by atoms with Crippen LogP contribution in [0.15, 0.2) is 23.8 Å². The minimum Gasteiger partial charge on any atom is -0.322 e. The van der Waals surface area contributed by atoms with E-state index in [0.717, 1.165) is 6.08 Å². The molecule has 0 aromatic rings. The first-order chi connectivity index (χ1) is 4.61. The molecule has 1 nitrogen and oxygen atoms in total. The summed E-state index contributed by atoms with van der Waals surface area (Å²) in [7, 11) is 0. The Kier molecular flexibility index (Phi) is 1.85. The fraction of sp³-hybridized carbons (Fsp3) is 0.429. The molecular formula is C7H9F2N. The topological polar surface area (TPSA) is 26.0 Å². The van der Waals surface area contributed by atoms with Crippen molar-refractivity contribution in [1.29, 1.82) is 0 Å². The summed E-state index contributed by atoms with van der Waals surface area (Å²) in [5, 5.41) is 0. The third-order valence-corrected chi connectivity index (χ3v) is 1.58. The van der Waals surface area contributed by atoms with Gasteiger partial charge >= 0.3 is 0 Å². The molecule has 1 rings (SSSR count). The summed E-state index contributed by atoms with van der Waals surface area (Å²) in [4.78, 5) is 0. The number of nitrogens with two attached hydrogens (primary N) is 1. The lowest BCUT2D eigenvalue weighted by atomic mass is 9.97. The number of hydrogen-bond donors (Lipinski definition) is 1. The van der Waals surface area contributed by atoms with Crippen LogP contribution in [0.5, 0.6) is 0 Å². The molecule has 0 fully saturated rings. The smallest absolute Gasteiger partial charge is 0.122 e. The summed E-state index contributed by atoms with van der Waals surface area (Å²) in [6, 6.07) is -0.667. The molecule has 56 valence electrons. The van der Waals surface area contributed by atoms with E-state index in [1.165, 1.54) is 6.08 Å². The summed E-state index contributed by atoms with van der Waals surface area (Å²) >= 11 is 0. The van der Waals surface area contributed by atoms with Gasteiger partial charge < -0.3 is 5.73 Å². The zero-order valence-corrected chi connectivity index (χ0v) is 5.64. The lowest BCUT2D eigenvalue weighted by Crippen LogP contribution is -2.29. The Morgan fingerprint density at radius 1 is 1.50 bits per heavy atom. The Labute approximate surface area is 58.2 Å². The fourth-order valence-corrected chi connectivity index (χ4v) is 0.882. The standard InChI is InChI=1S/C7H9F2N/c1-4-2-5(8)3-6(9)7(4)10/h2-4,7H,10H2,1H3. The lowest BCUT2D eigenvalue weighted by Gasteiger charge is -2.17. The number of halogens is 2. The minimum atomic E-state index is -0.667. The van der Waals surface area contributed by atoms with Crippen molar-refractivity contribution in [2.24, 2.45) is 11.7 Å². The normalized spacial score (nSPS) is 33.2. The van der Waals surface area contributed by atoms with E-state index in [1.807, 2.05) is 0 Å². The second-order valence-electron chi connectivity index (χ2n) is 2.47. The van der Waals surface area contributed by atoms with E-state index in [1.54, 1.807) is 6.92 Å². The Bertz CT molecular complexity index is 196. The summed E-state index contributed by atoms with van der Waals surface area (Å²) in [5.41, 5.74) is 5.33. The van der Waals surface area contributed by atoms with E-state index in [2.05, 4.69) is 0 Å². The quantitative estimate of drug-likeness (QED) is 0.551. The highest BCUT2D eigenvalue weighted by Gasteiger charge is 2.20. The molecular weight excluding hydrogens is 136 g/mol. The highest BCUT2D eigenvalue weighted by Crippen LogP contribution is 2.22. The predicted molar refractivity (Wildman–Crippen MR) is 35.5 cm³/mol. The molecule has 1 aliphatic carbocycles. The average molecular weight is 145 g/mol. The highest BCUT2D eigenvalue weighted by atomic mass is 19.1. The van der Waals surface area contributed by atoms with Crippen molar-refractivity contribution < 1.29 is 8.78 Å². The molecule has 0 radical (unpaired) electrons. The molecule has 0 saturated carbocycles. The fourth-order valence-electron chi connectivity index (χ4n) is 0.882. The van der Waals surface area contributed by atoms with E-state index in [9.17, 15) is 8.78 Å². The molecule has 3 heteroatoms. The molecule has 1 aliphatic rings. The van der Waals surface area contributed by atoms with E-state index in [-0.39, 0.29) is 5.92 Å². The van der Waals surface area contributed by atoms with Crippen LogP contribution in [0.25, 0.3) is 0 Å². The first kappa shape index (κ1) is 7.41. The van der Waals surface area contributed by atoms with Crippen molar-refractivity contribution in [3.63, 3.8) is 0 Å². The SMILES string of the molecule is CC1C=C(F)C=C(F)C1N. The van der Waals surface area contributed by atoms with Crippen LogP contribution < -0.4 is 5.73 Å². The summed E-state index contributed by atoms with van der Waals surface area (Å²) in [6.45, 7) is 1.68. The zero-order chi connectivity index (χ0) is 7.72. The van der Waals surface area contributed by atoms with Gasteiger partial charge in [-0.25, -0.2) is 8.78 Å². The first-order valence-electron chi connectivity index (χ1n) is 3.11. The van der Waals surface area contributed by atoms with Gasteiger partial charge in [-0.3, -0.25) is 0 Å². The van der Waals surface area contributed by atoms with E-state index in [4.69, 9.17) is 5.73 Å². The Morgan fingerprint density at radius 3 is 2.60 bits per heavy atom. The van der Waals surface area contributed by atoms with Crippen LogP contribution in [-0.4, -0.2) is 6.04 Å². The molecule has 0 bridgehead atoms. The van der Waals surface area contributed by atoms with Crippen LogP contribution in [-0.2, 0) is 0 Å². The molecule has 0 amide bonds.